The van der Waals surface area contributed by atoms with Gasteiger partial charge in [0.15, 0.2) is 0 Å². The molecule has 2 rings (SSSR count). The molecular formula is C11H13N. The average molecular weight is 164 g/mol. The summed E-state index contributed by atoms with van der Waals surface area (Å²) in [6.07, 6.45) is 0. The van der Waals surface area contributed by atoms with Gasteiger partial charge in [-0.2, -0.15) is 0 Å². The predicted molar refractivity (Wildman–Crippen MR) is 51.9 cm³/mol. The molecule has 0 saturated heterocycles. The Bertz CT molecular complexity index is 466. The summed E-state index contributed by atoms with van der Waals surface area (Å²) in [5.74, 6) is 0. The Morgan fingerprint density at radius 2 is 2.17 bits per heavy atom. The van der Waals surface area contributed by atoms with Gasteiger partial charge in [0.25, 0.3) is 0 Å². The number of hydrogen-bond acceptors (Lipinski definition) is 1. The van der Waals surface area contributed by atoms with Crippen molar-refractivity contribution in [2.75, 3.05) is 20.0 Å². The summed E-state index contributed by atoms with van der Waals surface area (Å²) >= 11 is 0. The van der Waals surface area contributed by atoms with E-state index in [-0.39, 0.29) is 11.6 Å². The maximum absolute atomic E-state index is 7.95. The van der Waals surface area contributed by atoms with Crippen LogP contribution >= 0.6 is 0 Å². The molecule has 12 heavy (non-hydrogen) atoms. The van der Waals surface area contributed by atoms with Gasteiger partial charge in [-0.3, -0.25) is 4.90 Å². The van der Waals surface area contributed by atoms with Gasteiger partial charge >= 0.3 is 0 Å². The van der Waals surface area contributed by atoms with Crippen LogP contribution in [0.5, 0.6) is 0 Å². The minimum Gasteiger partial charge on any atom is -0.298 e. The van der Waals surface area contributed by atoms with E-state index in [2.05, 4.69) is 0 Å². The summed E-state index contributed by atoms with van der Waals surface area (Å²) in [5, 5.41) is 0. The van der Waals surface area contributed by atoms with Gasteiger partial charge in [0.05, 0.1) is 1.37 Å². The quantitative estimate of drug-likeness (QED) is 0.613. The fourth-order valence-corrected chi connectivity index (χ4v) is 1.10. The van der Waals surface area contributed by atoms with E-state index in [0.29, 0.717) is 5.56 Å². The summed E-state index contributed by atoms with van der Waals surface area (Å²) in [7, 11) is 1.35. The van der Waals surface area contributed by atoms with Crippen molar-refractivity contribution in [1.29, 1.82) is 0 Å². The second-order valence-electron chi connectivity index (χ2n) is 2.65. The first kappa shape index (κ1) is 3.75. The van der Waals surface area contributed by atoms with Crippen molar-refractivity contribution in [2.45, 2.75) is 0 Å². The van der Waals surface area contributed by atoms with Crippen molar-refractivity contribution in [3.8, 4) is 0 Å². The van der Waals surface area contributed by atoms with Gasteiger partial charge in [-0.25, -0.2) is 0 Å². The van der Waals surface area contributed by atoms with E-state index in [4.69, 9.17) is 6.85 Å². The van der Waals surface area contributed by atoms with Crippen LogP contribution in [0, 0.1) is 0 Å². The topological polar surface area (TPSA) is 3.24 Å². The molecule has 0 amide bonds. The first-order valence-corrected chi connectivity index (χ1v) is 3.81. The third-order valence-corrected chi connectivity index (χ3v) is 1.69. The molecule has 0 fully saturated rings. The summed E-state index contributed by atoms with van der Waals surface area (Å²) in [6, 6.07) is 8.38. The highest BCUT2D eigenvalue weighted by Crippen LogP contribution is 2.18. The first-order valence-electron chi connectivity index (χ1n) is 6.31. The van der Waals surface area contributed by atoms with Crippen LogP contribution in [0.15, 0.2) is 36.4 Å². The van der Waals surface area contributed by atoms with E-state index in [1.807, 2.05) is 0 Å². The second kappa shape index (κ2) is 3.11. The Hall–Kier alpha value is -1.08. The Morgan fingerprint density at radius 3 is 2.75 bits per heavy atom. The SMILES string of the molecule is [2H]C1=C(c2ccccc2)C([2H])([2H])N(C)C1([2H])[2H]. The van der Waals surface area contributed by atoms with Gasteiger partial charge in [0, 0.05) is 18.5 Å². The number of nitrogens with zero attached hydrogens (tertiary/aromatic N) is 1. The molecule has 0 atom stereocenters. The van der Waals surface area contributed by atoms with E-state index < -0.39 is 13.0 Å². The minimum absolute atomic E-state index is 0.102. The maximum Gasteiger partial charge on any atom is 0.0593 e. The highest BCUT2D eigenvalue weighted by molar-refractivity contribution is 5.68. The largest absolute Gasteiger partial charge is 0.298 e. The van der Waals surface area contributed by atoms with E-state index in [9.17, 15) is 0 Å². The van der Waals surface area contributed by atoms with Gasteiger partial charge in [0.2, 0.25) is 0 Å². The van der Waals surface area contributed by atoms with E-state index in [0.717, 1.165) is 4.90 Å². The van der Waals surface area contributed by atoms with E-state index in [1.165, 1.54) is 7.05 Å². The molecule has 0 spiro atoms. The van der Waals surface area contributed by atoms with Crippen LogP contribution in [0.25, 0.3) is 5.57 Å². The molecule has 0 N–H and O–H groups in total. The highest BCUT2D eigenvalue weighted by atomic mass is 15.1. The Labute approximate surface area is 80.3 Å². The highest BCUT2D eigenvalue weighted by Gasteiger charge is 2.10. The lowest BCUT2D eigenvalue weighted by Crippen LogP contribution is -2.13. The molecule has 1 heterocycles. The molecule has 1 aliphatic rings. The van der Waals surface area contributed by atoms with Crippen LogP contribution in [0.1, 0.15) is 12.4 Å². The minimum atomic E-state index is -2.07. The van der Waals surface area contributed by atoms with Gasteiger partial charge in [-0.1, -0.05) is 36.4 Å². The summed E-state index contributed by atoms with van der Waals surface area (Å²) in [5.41, 5.74) is 0.654. The fraction of sp³-hybridized carbons (Fsp3) is 0.273. The molecule has 1 aromatic rings. The van der Waals surface area contributed by atoms with Crippen molar-refractivity contribution in [1.82, 2.24) is 4.90 Å². The second-order valence-corrected chi connectivity index (χ2v) is 2.65. The lowest BCUT2D eigenvalue weighted by atomic mass is 10.1. The van der Waals surface area contributed by atoms with Crippen LogP contribution in [-0.4, -0.2) is 24.9 Å². The number of benzene rings is 1. The molecule has 0 saturated carbocycles. The van der Waals surface area contributed by atoms with Crippen LogP contribution in [-0.2, 0) is 0 Å². The lowest BCUT2D eigenvalue weighted by Gasteiger charge is -2.07. The Kier molecular flexibility index (Phi) is 0.974. The van der Waals surface area contributed by atoms with Gasteiger partial charge in [-0.05, 0) is 18.2 Å². The molecule has 1 aliphatic heterocycles. The molecule has 0 aliphatic carbocycles. The van der Waals surface area contributed by atoms with Crippen LogP contribution < -0.4 is 0 Å². The molecule has 1 aromatic carbocycles. The van der Waals surface area contributed by atoms with Crippen LogP contribution in [0.4, 0.5) is 0 Å². The number of likely N-dealkylation sites (N-methyl/N-ethyl adjacent to an activating group) is 1. The Balaban J connectivity index is 2.63. The Morgan fingerprint density at radius 1 is 1.42 bits per heavy atom. The smallest absolute Gasteiger partial charge is 0.0593 e. The molecular weight excluding hydrogens is 146 g/mol. The van der Waals surface area contributed by atoms with Gasteiger partial charge in [-0.15, -0.1) is 0 Å². The monoisotopic (exact) mass is 164 g/mol. The molecule has 0 radical (unpaired) electrons. The molecule has 0 aromatic heterocycles. The van der Waals surface area contributed by atoms with E-state index >= 15 is 0 Å². The van der Waals surface area contributed by atoms with E-state index in [1.54, 1.807) is 30.3 Å². The summed E-state index contributed by atoms with van der Waals surface area (Å²) < 4.78 is 39.2. The third kappa shape index (κ3) is 1.41. The molecule has 1 nitrogen and oxygen atoms in total. The van der Waals surface area contributed by atoms with Crippen molar-refractivity contribution in [2.24, 2.45) is 0 Å². The van der Waals surface area contributed by atoms with Gasteiger partial charge < -0.3 is 0 Å². The first-order chi connectivity index (χ1) is 7.79. The van der Waals surface area contributed by atoms with Crippen LogP contribution in [0.2, 0.25) is 0 Å². The molecule has 0 unspecified atom stereocenters. The predicted octanol–water partition coefficient (Wildman–Crippen LogP) is 2.02. The summed E-state index contributed by atoms with van der Waals surface area (Å²) in [6.45, 7) is -4.05. The van der Waals surface area contributed by atoms with Crippen molar-refractivity contribution in [3.05, 3.63) is 41.9 Å². The van der Waals surface area contributed by atoms with Gasteiger partial charge in [0.1, 0.15) is 0 Å². The zero-order valence-electron chi connectivity index (χ0n) is 11.8. The normalized spacial score (nSPS) is 33.2. The van der Waals surface area contributed by atoms with Crippen molar-refractivity contribution < 1.29 is 6.85 Å². The molecule has 62 valence electrons. The number of hydrogen-bond donors (Lipinski definition) is 0. The number of rotatable bonds is 1. The zero-order chi connectivity index (χ0) is 12.8. The zero-order valence-corrected chi connectivity index (χ0v) is 6.83. The standard InChI is InChI=1S/C11H13N/c1-12-8-7-11(9-12)10-5-3-2-4-6-10/h2-7H,8-9H2,1H3/i7D,8D2,9D2. The van der Waals surface area contributed by atoms with Crippen molar-refractivity contribution >= 4 is 5.57 Å². The average Bonchev–Trinajstić information content (AvgIpc) is 2.39. The molecule has 0 bridgehead atoms. The lowest BCUT2D eigenvalue weighted by molar-refractivity contribution is 0.438. The summed E-state index contributed by atoms with van der Waals surface area (Å²) in [4.78, 5) is 0.949. The molecule has 1 heteroatoms. The van der Waals surface area contributed by atoms with Crippen molar-refractivity contribution in [3.63, 3.8) is 0 Å². The maximum atomic E-state index is 7.95. The third-order valence-electron chi connectivity index (χ3n) is 1.69. The fourth-order valence-electron chi connectivity index (χ4n) is 1.10. The van der Waals surface area contributed by atoms with Crippen LogP contribution in [0.3, 0.4) is 0 Å².